The molecule has 0 aromatic carbocycles. The molecule has 0 spiro atoms. The summed E-state index contributed by atoms with van der Waals surface area (Å²) in [4.78, 5) is 0. The Morgan fingerprint density at radius 1 is 1.22 bits per heavy atom. The van der Waals surface area contributed by atoms with E-state index >= 15 is 0 Å². The molecule has 1 saturated carbocycles. The zero-order valence-corrected chi connectivity index (χ0v) is 6.79. The Kier molecular flexibility index (Phi) is 1.52. The van der Waals surface area contributed by atoms with Gasteiger partial charge in [-0.3, -0.25) is 0 Å². The third-order valence-electron chi connectivity index (χ3n) is 3.02. The molecule has 9 heavy (non-hydrogen) atoms. The van der Waals surface area contributed by atoms with Crippen LogP contribution in [0.3, 0.4) is 0 Å². The van der Waals surface area contributed by atoms with Gasteiger partial charge in [0.15, 0.2) is 0 Å². The maximum absolute atomic E-state index is 3.38. The van der Waals surface area contributed by atoms with Gasteiger partial charge < -0.3 is 5.32 Å². The first kappa shape index (κ1) is 7.36. The Morgan fingerprint density at radius 3 is 1.89 bits per heavy atom. The fourth-order valence-electron chi connectivity index (χ4n) is 2.06. The van der Waals surface area contributed by atoms with E-state index in [-0.39, 0.29) is 12.4 Å². The van der Waals surface area contributed by atoms with E-state index < -0.39 is 0 Å². The summed E-state index contributed by atoms with van der Waals surface area (Å²) in [5, 5.41) is 3.38. The monoisotopic (exact) mass is 147 g/mol. The first-order valence-electron chi connectivity index (χ1n) is 3.43. The lowest BCUT2D eigenvalue weighted by molar-refractivity contribution is 0.475. The molecule has 2 rings (SSSR count). The van der Waals surface area contributed by atoms with Crippen LogP contribution in [0.5, 0.6) is 0 Å². The van der Waals surface area contributed by atoms with Crippen molar-refractivity contribution in [1.29, 1.82) is 0 Å². The molecule has 1 aliphatic heterocycles. The zero-order valence-electron chi connectivity index (χ0n) is 5.98. The van der Waals surface area contributed by atoms with Crippen LogP contribution in [-0.4, -0.2) is 13.1 Å². The van der Waals surface area contributed by atoms with Crippen LogP contribution in [0.25, 0.3) is 0 Å². The molecule has 0 aromatic heterocycles. The quantitative estimate of drug-likeness (QED) is 0.545. The molecular weight excluding hydrogens is 134 g/mol. The summed E-state index contributed by atoms with van der Waals surface area (Å²) >= 11 is 0. The standard InChI is InChI=1S/C7H13N.ClH/c1-7(2)5-3-8-4-6(5)7;/h5-6,8H,3-4H2,1-2H3;1H. The van der Waals surface area contributed by atoms with E-state index in [1.54, 1.807) is 0 Å². The van der Waals surface area contributed by atoms with Crippen LogP contribution in [0.4, 0.5) is 0 Å². The van der Waals surface area contributed by atoms with Gasteiger partial charge in [0.25, 0.3) is 0 Å². The maximum Gasteiger partial charge on any atom is -0.00118 e. The van der Waals surface area contributed by atoms with Crippen LogP contribution >= 0.6 is 12.4 Å². The number of halogens is 1. The van der Waals surface area contributed by atoms with Crippen LogP contribution in [0.2, 0.25) is 0 Å². The van der Waals surface area contributed by atoms with E-state index in [0.29, 0.717) is 5.41 Å². The minimum atomic E-state index is 0. The van der Waals surface area contributed by atoms with Gasteiger partial charge in [-0.15, -0.1) is 12.4 Å². The van der Waals surface area contributed by atoms with Crippen molar-refractivity contribution >= 4 is 12.4 Å². The van der Waals surface area contributed by atoms with Crippen LogP contribution in [0.15, 0.2) is 0 Å². The lowest BCUT2D eigenvalue weighted by atomic mass is 10.1. The average molecular weight is 148 g/mol. The fourth-order valence-corrected chi connectivity index (χ4v) is 2.06. The topological polar surface area (TPSA) is 12.0 Å². The first-order chi connectivity index (χ1) is 3.73. The van der Waals surface area contributed by atoms with Gasteiger partial charge in [-0.05, 0) is 30.3 Å². The van der Waals surface area contributed by atoms with E-state index in [0.717, 1.165) is 11.8 Å². The first-order valence-corrected chi connectivity index (χ1v) is 3.43. The Hall–Kier alpha value is 0.250. The van der Waals surface area contributed by atoms with Gasteiger partial charge in [0, 0.05) is 0 Å². The van der Waals surface area contributed by atoms with Crippen LogP contribution in [0, 0.1) is 17.3 Å². The van der Waals surface area contributed by atoms with Gasteiger partial charge in [0.2, 0.25) is 0 Å². The summed E-state index contributed by atoms with van der Waals surface area (Å²) in [6.07, 6.45) is 0. The predicted octanol–water partition coefficient (Wildman–Crippen LogP) is 1.28. The van der Waals surface area contributed by atoms with Crippen molar-refractivity contribution in [3.05, 3.63) is 0 Å². The van der Waals surface area contributed by atoms with Crippen molar-refractivity contribution in [2.24, 2.45) is 17.3 Å². The minimum absolute atomic E-state index is 0. The summed E-state index contributed by atoms with van der Waals surface area (Å²) in [6, 6.07) is 0. The Morgan fingerprint density at radius 2 is 1.67 bits per heavy atom. The average Bonchev–Trinajstić information content (AvgIpc) is 2.22. The van der Waals surface area contributed by atoms with Gasteiger partial charge in [-0.1, -0.05) is 13.8 Å². The second-order valence-corrected chi connectivity index (χ2v) is 3.69. The predicted molar refractivity (Wildman–Crippen MR) is 40.9 cm³/mol. The molecule has 0 radical (unpaired) electrons. The van der Waals surface area contributed by atoms with Gasteiger partial charge in [0.05, 0.1) is 0 Å². The molecule has 2 atom stereocenters. The lowest BCUT2D eigenvalue weighted by Crippen LogP contribution is -2.17. The fraction of sp³-hybridized carbons (Fsp3) is 1.00. The molecular formula is C7H14ClN. The SMILES string of the molecule is CC1(C)C2CNCC21.Cl. The molecule has 0 amide bonds. The molecule has 2 heteroatoms. The molecule has 1 nitrogen and oxygen atoms in total. The molecule has 54 valence electrons. The molecule has 1 saturated heterocycles. The Bertz CT molecular complexity index is 110. The van der Waals surface area contributed by atoms with E-state index in [1.807, 2.05) is 0 Å². The zero-order chi connectivity index (χ0) is 5.78. The lowest BCUT2D eigenvalue weighted by Gasteiger charge is -2.06. The number of piperidine rings is 1. The highest BCUT2D eigenvalue weighted by Gasteiger charge is 2.59. The smallest absolute Gasteiger partial charge is 0.00118 e. The van der Waals surface area contributed by atoms with Crippen molar-refractivity contribution in [2.45, 2.75) is 13.8 Å². The summed E-state index contributed by atoms with van der Waals surface area (Å²) in [6.45, 7) is 7.31. The van der Waals surface area contributed by atoms with Gasteiger partial charge in [-0.2, -0.15) is 0 Å². The van der Waals surface area contributed by atoms with E-state index in [9.17, 15) is 0 Å². The van der Waals surface area contributed by atoms with E-state index in [2.05, 4.69) is 19.2 Å². The molecule has 1 N–H and O–H groups in total. The second-order valence-electron chi connectivity index (χ2n) is 3.69. The Balaban J connectivity index is 0.000000405. The van der Waals surface area contributed by atoms with Crippen molar-refractivity contribution < 1.29 is 0 Å². The number of rotatable bonds is 0. The van der Waals surface area contributed by atoms with Crippen LogP contribution < -0.4 is 5.32 Å². The summed E-state index contributed by atoms with van der Waals surface area (Å²) in [5.41, 5.74) is 0.700. The highest BCUT2D eigenvalue weighted by atomic mass is 35.5. The molecule has 0 bridgehead atoms. The van der Waals surface area contributed by atoms with E-state index in [1.165, 1.54) is 13.1 Å². The third-order valence-corrected chi connectivity index (χ3v) is 3.02. The van der Waals surface area contributed by atoms with Gasteiger partial charge >= 0.3 is 0 Å². The van der Waals surface area contributed by atoms with Crippen molar-refractivity contribution in [1.82, 2.24) is 5.32 Å². The number of nitrogens with one attached hydrogen (secondary N) is 1. The van der Waals surface area contributed by atoms with Crippen LogP contribution in [0.1, 0.15) is 13.8 Å². The molecule has 0 aromatic rings. The number of hydrogen-bond donors (Lipinski definition) is 1. The Labute approximate surface area is 62.6 Å². The maximum atomic E-state index is 3.38. The van der Waals surface area contributed by atoms with Crippen molar-refractivity contribution in [2.75, 3.05) is 13.1 Å². The van der Waals surface area contributed by atoms with E-state index in [4.69, 9.17) is 0 Å². The molecule has 2 unspecified atom stereocenters. The summed E-state index contributed by atoms with van der Waals surface area (Å²) in [5.74, 6) is 2.03. The third kappa shape index (κ3) is 0.786. The van der Waals surface area contributed by atoms with Gasteiger partial charge in [-0.25, -0.2) is 0 Å². The summed E-state index contributed by atoms with van der Waals surface area (Å²) < 4.78 is 0. The highest BCUT2D eigenvalue weighted by molar-refractivity contribution is 5.85. The number of hydrogen-bond acceptors (Lipinski definition) is 1. The van der Waals surface area contributed by atoms with Crippen molar-refractivity contribution in [3.8, 4) is 0 Å². The normalized spacial score (nSPS) is 43.3. The molecule has 1 aliphatic carbocycles. The highest BCUT2D eigenvalue weighted by Crippen LogP contribution is 2.59. The summed E-state index contributed by atoms with van der Waals surface area (Å²) in [7, 11) is 0. The number of fused-ring (bicyclic) bond motifs is 1. The minimum Gasteiger partial charge on any atom is -0.316 e. The largest absolute Gasteiger partial charge is 0.316 e. The molecule has 2 aliphatic rings. The molecule has 1 heterocycles. The van der Waals surface area contributed by atoms with Gasteiger partial charge in [0.1, 0.15) is 0 Å². The van der Waals surface area contributed by atoms with Crippen molar-refractivity contribution in [3.63, 3.8) is 0 Å². The van der Waals surface area contributed by atoms with Crippen LogP contribution in [-0.2, 0) is 0 Å². The molecule has 2 fully saturated rings. The second kappa shape index (κ2) is 1.86.